The zero-order chi connectivity index (χ0) is 13.5. The minimum atomic E-state index is 0. The molecule has 0 saturated heterocycles. The van der Waals surface area contributed by atoms with Crippen LogP contribution in [0.5, 0.6) is 0 Å². The van der Waals surface area contributed by atoms with E-state index in [1.54, 1.807) is 0 Å². The van der Waals surface area contributed by atoms with Crippen molar-refractivity contribution in [2.75, 3.05) is 13.1 Å². The van der Waals surface area contributed by atoms with Crippen molar-refractivity contribution in [2.45, 2.75) is 32.3 Å². The molecule has 112 valence electrons. The highest BCUT2D eigenvalue weighted by Crippen LogP contribution is 2.26. The summed E-state index contributed by atoms with van der Waals surface area (Å²) in [6, 6.07) is 7.97. The Hall–Kier alpha value is -0.820. The van der Waals surface area contributed by atoms with Gasteiger partial charge >= 0.3 is 0 Å². The number of aliphatic hydroxyl groups is 1. The summed E-state index contributed by atoms with van der Waals surface area (Å²) in [5.41, 5.74) is 7.99. The summed E-state index contributed by atoms with van der Waals surface area (Å²) < 4.78 is 0. The minimum Gasteiger partial charge on any atom is -0.392 e. The fraction of sp³-hybridized carbons (Fsp3) is 0.533. The van der Waals surface area contributed by atoms with Crippen molar-refractivity contribution in [1.29, 1.82) is 0 Å². The topological polar surface area (TPSA) is 70.6 Å². The molecule has 0 spiro atoms. The first-order valence-corrected chi connectivity index (χ1v) is 7.00. The molecule has 0 bridgehead atoms. The molecular weight excluding hydrogens is 365 g/mol. The molecule has 1 aliphatic carbocycles. The molecule has 4 nitrogen and oxygen atoms in total. The van der Waals surface area contributed by atoms with Crippen LogP contribution in [0.3, 0.4) is 0 Å². The molecule has 1 fully saturated rings. The van der Waals surface area contributed by atoms with Crippen molar-refractivity contribution in [1.82, 2.24) is 5.32 Å². The number of rotatable bonds is 6. The van der Waals surface area contributed by atoms with Crippen LogP contribution < -0.4 is 11.1 Å². The van der Waals surface area contributed by atoms with Crippen LogP contribution in [0.15, 0.2) is 29.3 Å². The Bertz CT molecular complexity index is 416. The number of aliphatic imine (C=N–C) groups is 1. The largest absolute Gasteiger partial charge is 0.392 e. The molecular formula is C15H24IN3O. The maximum atomic E-state index is 8.96. The van der Waals surface area contributed by atoms with E-state index in [0.29, 0.717) is 5.96 Å². The van der Waals surface area contributed by atoms with Gasteiger partial charge in [-0.05, 0) is 36.3 Å². The lowest BCUT2D eigenvalue weighted by molar-refractivity contribution is 0.282. The molecule has 0 aromatic heterocycles. The van der Waals surface area contributed by atoms with Crippen molar-refractivity contribution < 1.29 is 5.11 Å². The predicted molar refractivity (Wildman–Crippen MR) is 93.3 cm³/mol. The Labute approximate surface area is 137 Å². The summed E-state index contributed by atoms with van der Waals surface area (Å²) in [6.07, 6.45) is 4.85. The molecule has 0 heterocycles. The summed E-state index contributed by atoms with van der Waals surface area (Å²) in [5.74, 6) is 1.31. The zero-order valence-corrected chi connectivity index (χ0v) is 14.0. The van der Waals surface area contributed by atoms with Crippen LogP contribution in [0.4, 0.5) is 0 Å². The SMILES string of the molecule is I.NC(=NCC1CCC1)NCCc1ccc(CO)cc1. The van der Waals surface area contributed by atoms with Crippen molar-refractivity contribution in [2.24, 2.45) is 16.6 Å². The van der Waals surface area contributed by atoms with Crippen LogP contribution in [0.2, 0.25) is 0 Å². The predicted octanol–water partition coefficient (Wildman–Crippen LogP) is 2.04. The Balaban J connectivity index is 0.00000200. The molecule has 0 aliphatic heterocycles. The molecule has 1 aromatic rings. The van der Waals surface area contributed by atoms with Gasteiger partial charge in [-0.2, -0.15) is 0 Å². The molecule has 4 N–H and O–H groups in total. The van der Waals surface area contributed by atoms with Crippen LogP contribution in [0.1, 0.15) is 30.4 Å². The average molecular weight is 389 g/mol. The number of aliphatic hydroxyl groups excluding tert-OH is 1. The third-order valence-electron chi connectivity index (χ3n) is 3.67. The molecule has 20 heavy (non-hydrogen) atoms. The van der Waals surface area contributed by atoms with Gasteiger partial charge in [0.05, 0.1) is 6.61 Å². The van der Waals surface area contributed by atoms with Gasteiger partial charge in [0.25, 0.3) is 0 Å². The number of guanidine groups is 1. The molecule has 1 aliphatic rings. The maximum Gasteiger partial charge on any atom is 0.188 e. The first-order valence-electron chi connectivity index (χ1n) is 7.00. The third-order valence-corrected chi connectivity index (χ3v) is 3.67. The van der Waals surface area contributed by atoms with Crippen LogP contribution in [-0.4, -0.2) is 24.2 Å². The summed E-state index contributed by atoms with van der Waals surface area (Å²) in [6.45, 7) is 1.75. The molecule has 2 rings (SSSR count). The van der Waals surface area contributed by atoms with E-state index in [4.69, 9.17) is 10.8 Å². The van der Waals surface area contributed by atoms with Crippen LogP contribution in [0.25, 0.3) is 0 Å². The zero-order valence-electron chi connectivity index (χ0n) is 11.7. The van der Waals surface area contributed by atoms with E-state index in [0.717, 1.165) is 31.0 Å². The number of nitrogens with zero attached hydrogens (tertiary/aromatic N) is 1. The summed E-state index contributed by atoms with van der Waals surface area (Å²) in [4.78, 5) is 4.35. The number of nitrogens with two attached hydrogens (primary N) is 1. The van der Waals surface area contributed by atoms with E-state index in [2.05, 4.69) is 10.3 Å². The lowest BCUT2D eigenvalue weighted by Gasteiger charge is -2.23. The van der Waals surface area contributed by atoms with Crippen molar-refractivity contribution >= 4 is 29.9 Å². The number of benzene rings is 1. The van der Waals surface area contributed by atoms with Gasteiger partial charge in [0, 0.05) is 13.1 Å². The van der Waals surface area contributed by atoms with Gasteiger partial charge in [-0.1, -0.05) is 30.7 Å². The maximum absolute atomic E-state index is 8.96. The molecule has 0 amide bonds. The normalized spacial score (nSPS) is 15.3. The average Bonchev–Trinajstić information content (AvgIpc) is 2.38. The van der Waals surface area contributed by atoms with E-state index >= 15 is 0 Å². The lowest BCUT2D eigenvalue weighted by Crippen LogP contribution is -2.34. The minimum absolute atomic E-state index is 0. The molecule has 0 radical (unpaired) electrons. The van der Waals surface area contributed by atoms with E-state index in [9.17, 15) is 0 Å². The van der Waals surface area contributed by atoms with E-state index in [1.807, 2.05) is 24.3 Å². The molecule has 1 aromatic carbocycles. The Kier molecular flexibility index (Phi) is 7.91. The molecule has 0 unspecified atom stereocenters. The Morgan fingerprint density at radius 3 is 2.45 bits per heavy atom. The van der Waals surface area contributed by atoms with Gasteiger partial charge in [0.1, 0.15) is 0 Å². The van der Waals surface area contributed by atoms with E-state index < -0.39 is 0 Å². The number of nitrogens with one attached hydrogen (secondary N) is 1. The van der Waals surface area contributed by atoms with E-state index in [-0.39, 0.29) is 30.6 Å². The highest BCUT2D eigenvalue weighted by atomic mass is 127. The second kappa shape index (κ2) is 9.18. The second-order valence-electron chi connectivity index (χ2n) is 5.17. The first-order chi connectivity index (χ1) is 9.28. The van der Waals surface area contributed by atoms with Crippen LogP contribution in [-0.2, 0) is 13.0 Å². The molecule has 0 atom stereocenters. The van der Waals surface area contributed by atoms with Gasteiger partial charge < -0.3 is 16.2 Å². The van der Waals surface area contributed by atoms with Gasteiger partial charge in [-0.15, -0.1) is 24.0 Å². The number of halogens is 1. The fourth-order valence-corrected chi connectivity index (χ4v) is 2.10. The number of hydrogen-bond acceptors (Lipinski definition) is 2. The Morgan fingerprint density at radius 2 is 1.90 bits per heavy atom. The second-order valence-corrected chi connectivity index (χ2v) is 5.17. The lowest BCUT2D eigenvalue weighted by atomic mass is 9.86. The third kappa shape index (κ3) is 5.66. The monoisotopic (exact) mass is 389 g/mol. The smallest absolute Gasteiger partial charge is 0.188 e. The highest BCUT2D eigenvalue weighted by molar-refractivity contribution is 14.0. The number of hydrogen-bond donors (Lipinski definition) is 3. The molecule has 5 heteroatoms. The van der Waals surface area contributed by atoms with Crippen molar-refractivity contribution in [3.63, 3.8) is 0 Å². The Morgan fingerprint density at radius 1 is 1.25 bits per heavy atom. The summed E-state index contributed by atoms with van der Waals surface area (Å²) in [5, 5.41) is 12.1. The summed E-state index contributed by atoms with van der Waals surface area (Å²) >= 11 is 0. The van der Waals surface area contributed by atoms with Gasteiger partial charge in [-0.3, -0.25) is 4.99 Å². The quantitative estimate of drug-likeness (QED) is 0.396. The van der Waals surface area contributed by atoms with Crippen molar-refractivity contribution in [3.05, 3.63) is 35.4 Å². The standard InChI is InChI=1S/C15H23N3O.HI/c16-15(18-10-13-2-1-3-13)17-9-8-12-4-6-14(11-19)7-5-12;/h4-7,13,19H,1-3,8-11H2,(H3,16,17,18);1H. The summed E-state index contributed by atoms with van der Waals surface area (Å²) in [7, 11) is 0. The van der Waals surface area contributed by atoms with Crippen molar-refractivity contribution in [3.8, 4) is 0 Å². The van der Waals surface area contributed by atoms with Gasteiger partial charge in [0.15, 0.2) is 5.96 Å². The fourth-order valence-electron chi connectivity index (χ4n) is 2.10. The highest BCUT2D eigenvalue weighted by Gasteiger charge is 2.16. The van der Waals surface area contributed by atoms with E-state index in [1.165, 1.54) is 24.8 Å². The van der Waals surface area contributed by atoms with Gasteiger partial charge in [-0.25, -0.2) is 0 Å². The first kappa shape index (κ1) is 17.2. The van der Waals surface area contributed by atoms with Crippen LogP contribution >= 0.6 is 24.0 Å². The van der Waals surface area contributed by atoms with Crippen LogP contribution in [0, 0.1) is 5.92 Å². The van der Waals surface area contributed by atoms with Gasteiger partial charge in [0.2, 0.25) is 0 Å². The molecule has 1 saturated carbocycles.